The molecule has 6 rings (SSSR count). The molecule has 0 unspecified atom stereocenters. The number of rotatable bonds is 7. The van der Waals surface area contributed by atoms with E-state index < -0.39 is 47.2 Å². The third-order valence-corrected chi connectivity index (χ3v) is 8.91. The Morgan fingerprint density at radius 3 is 2.58 bits per heavy atom. The zero-order chi connectivity index (χ0) is 28.2. The molecule has 6 atom stereocenters. The van der Waals surface area contributed by atoms with Crippen molar-refractivity contribution >= 4 is 17.9 Å². The number of esters is 3. The first kappa shape index (κ1) is 26.4. The molecule has 3 aliphatic carbocycles. The molecule has 1 saturated carbocycles. The Hall–Kier alpha value is -3.85. The first-order valence-electron chi connectivity index (χ1n) is 13.6. The van der Waals surface area contributed by atoms with Crippen LogP contribution in [0.4, 0.5) is 0 Å². The lowest BCUT2D eigenvalue weighted by Gasteiger charge is -2.59. The molecule has 1 aliphatic heterocycles. The van der Waals surface area contributed by atoms with Crippen molar-refractivity contribution in [1.29, 1.82) is 0 Å². The van der Waals surface area contributed by atoms with Crippen LogP contribution < -0.4 is 9.47 Å². The fourth-order valence-corrected chi connectivity index (χ4v) is 7.21. The van der Waals surface area contributed by atoms with Crippen molar-refractivity contribution in [3.8, 4) is 11.5 Å². The van der Waals surface area contributed by atoms with Crippen LogP contribution in [0.25, 0.3) is 0 Å². The van der Waals surface area contributed by atoms with Gasteiger partial charge in [-0.25, -0.2) is 9.59 Å². The number of benzene rings is 2. The van der Waals surface area contributed by atoms with Gasteiger partial charge in [0.15, 0.2) is 23.7 Å². The highest BCUT2D eigenvalue weighted by atomic mass is 16.6. The second-order valence-corrected chi connectivity index (χ2v) is 11.0. The van der Waals surface area contributed by atoms with Crippen LogP contribution >= 0.6 is 0 Å². The van der Waals surface area contributed by atoms with E-state index >= 15 is 0 Å². The normalized spacial score (nSPS) is 28.6. The lowest BCUT2D eigenvalue weighted by Crippen LogP contribution is -2.67. The molecule has 210 valence electrons. The predicted molar refractivity (Wildman–Crippen MR) is 140 cm³/mol. The summed E-state index contributed by atoms with van der Waals surface area (Å²) >= 11 is 0. The molecule has 1 heterocycles. The fraction of sp³-hybridized carbons (Fsp3) is 0.452. The number of carbonyl (C=O) groups excluding carboxylic acids is 3. The molecule has 0 saturated heterocycles. The summed E-state index contributed by atoms with van der Waals surface area (Å²) in [5.74, 6) is -0.860. The van der Waals surface area contributed by atoms with Crippen molar-refractivity contribution in [2.24, 2.45) is 5.92 Å². The van der Waals surface area contributed by atoms with E-state index in [1.165, 1.54) is 13.8 Å². The fourth-order valence-electron chi connectivity index (χ4n) is 7.21. The Bertz CT molecular complexity index is 1400. The van der Waals surface area contributed by atoms with E-state index in [1.807, 2.05) is 12.1 Å². The number of hydrogen-bond donors (Lipinski definition) is 1. The molecular weight excluding hydrogens is 516 g/mol. The Morgan fingerprint density at radius 2 is 1.85 bits per heavy atom. The largest absolute Gasteiger partial charge is 0.493 e. The average molecular weight is 549 g/mol. The van der Waals surface area contributed by atoms with E-state index in [2.05, 4.69) is 0 Å². The topological polar surface area (TPSA) is 118 Å². The first-order valence-corrected chi connectivity index (χ1v) is 13.6. The molecule has 1 spiro atoms. The summed E-state index contributed by atoms with van der Waals surface area (Å²) in [5, 5.41) is 12.2. The van der Waals surface area contributed by atoms with Gasteiger partial charge in [0, 0.05) is 18.1 Å². The van der Waals surface area contributed by atoms with Crippen molar-refractivity contribution in [2.45, 2.75) is 75.3 Å². The molecule has 40 heavy (non-hydrogen) atoms. The molecule has 4 aliphatic rings. The summed E-state index contributed by atoms with van der Waals surface area (Å²) in [6, 6.07) is 12.4. The van der Waals surface area contributed by atoms with Gasteiger partial charge in [-0.1, -0.05) is 42.8 Å². The van der Waals surface area contributed by atoms with Gasteiger partial charge in [0.25, 0.3) is 0 Å². The minimum Gasteiger partial charge on any atom is -0.493 e. The van der Waals surface area contributed by atoms with Crippen LogP contribution in [0.5, 0.6) is 11.5 Å². The molecular formula is C31H32O9. The maximum Gasteiger partial charge on any atom is 0.353 e. The van der Waals surface area contributed by atoms with Crippen LogP contribution in [0.3, 0.4) is 0 Å². The van der Waals surface area contributed by atoms with Crippen molar-refractivity contribution < 1.29 is 43.2 Å². The van der Waals surface area contributed by atoms with Gasteiger partial charge in [0.05, 0.1) is 18.1 Å². The maximum absolute atomic E-state index is 13.2. The van der Waals surface area contributed by atoms with Gasteiger partial charge in [-0.15, -0.1) is 0 Å². The quantitative estimate of drug-likeness (QED) is 0.407. The molecule has 9 heteroatoms. The van der Waals surface area contributed by atoms with E-state index in [4.69, 9.17) is 23.7 Å². The van der Waals surface area contributed by atoms with Gasteiger partial charge in [-0.2, -0.15) is 0 Å². The minimum absolute atomic E-state index is 0.0590. The van der Waals surface area contributed by atoms with Crippen molar-refractivity contribution in [3.05, 3.63) is 71.0 Å². The Labute approximate surface area is 232 Å². The third kappa shape index (κ3) is 3.82. The second-order valence-electron chi connectivity index (χ2n) is 11.0. The molecule has 9 nitrogen and oxygen atoms in total. The zero-order valence-electron chi connectivity index (χ0n) is 22.7. The molecule has 2 bridgehead atoms. The molecule has 0 aromatic heterocycles. The molecule has 1 fully saturated rings. The number of methoxy groups -OCH3 is 1. The van der Waals surface area contributed by atoms with Crippen LogP contribution in [0, 0.1) is 5.92 Å². The van der Waals surface area contributed by atoms with Crippen molar-refractivity contribution in [2.75, 3.05) is 7.11 Å². The summed E-state index contributed by atoms with van der Waals surface area (Å²) in [5.41, 5.74) is 0.679. The van der Waals surface area contributed by atoms with Crippen LogP contribution in [0.1, 0.15) is 62.3 Å². The lowest BCUT2D eigenvalue weighted by molar-refractivity contribution is -0.179. The Balaban J connectivity index is 1.25. The zero-order valence-corrected chi connectivity index (χ0v) is 22.7. The van der Waals surface area contributed by atoms with E-state index in [0.29, 0.717) is 29.9 Å². The third-order valence-electron chi connectivity index (χ3n) is 8.91. The van der Waals surface area contributed by atoms with E-state index in [-0.39, 0.29) is 11.7 Å². The van der Waals surface area contributed by atoms with Gasteiger partial charge >= 0.3 is 17.9 Å². The van der Waals surface area contributed by atoms with Gasteiger partial charge < -0.3 is 28.8 Å². The maximum atomic E-state index is 13.2. The summed E-state index contributed by atoms with van der Waals surface area (Å²) in [6.07, 6.45) is 1.94. The molecule has 1 N–H and O–H groups in total. The highest BCUT2D eigenvalue weighted by Gasteiger charge is 2.71. The van der Waals surface area contributed by atoms with Gasteiger partial charge in [-0.3, -0.25) is 4.79 Å². The van der Waals surface area contributed by atoms with Crippen LogP contribution in [-0.2, 0) is 40.4 Å². The summed E-state index contributed by atoms with van der Waals surface area (Å²) in [6.45, 7) is 2.59. The van der Waals surface area contributed by atoms with Crippen molar-refractivity contribution in [3.63, 3.8) is 0 Å². The van der Waals surface area contributed by atoms with E-state index in [0.717, 1.165) is 30.4 Å². The highest BCUT2D eigenvalue weighted by Crippen LogP contribution is 2.67. The van der Waals surface area contributed by atoms with Crippen LogP contribution in [-0.4, -0.2) is 47.9 Å². The minimum atomic E-state index is -1.32. The molecule has 0 radical (unpaired) electrons. The number of ether oxygens (including phenoxy) is 5. The van der Waals surface area contributed by atoms with E-state index in [9.17, 15) is 19.5 Å². The average Bonchev–Trinajstić information content (AvgIpc) is 3.28. The van der Waals surface area contributed by atoms with E-state index in [1.54, 1.807) is 43.5 Å². The predicted octanol–water partition coefficient (Wildman–Crippen LogP) is 3.85. The SMILES string of the molecule is COc1ccc2c3c1O[C@H]1C(OC(=O)[C@H](C)OC(=O)[C@@H](OC(C)=O)c4ccccc4)=CC[C@@]4(O)[C@H](CCC[C@]314)C2. The first-order chi connectivity index (χ1) is 19.2. The highest BCUT2D eigenvalue weighted by molar-refractivity contribution is 5.84. The summed E-state index contributed by atoms with van der Waals surface area (Å²) < 4.78 is 28.5. The number of carbonyl (C=O) groups is 3. The molecule has 0 amide bonds. The summed E-state index contributed by atoms with van der Waals surface area (Å²) in [4.78, 5) is 37.9. The number of hydrogen-bond acceptors (Lipinski definition) is 9. The van der Waals surface area contributed by atoms with Crippen LogP contribution in [0.15, 0.2) is 54.3 Å². The van der Waals surface area contributed by atoms with Crippen molar-refractivity contribution in [1.82, 2.24) is 0 Å². The lowest BCUT2D eigenvalue weighted by atomic mass is 9.47. The smallest absolute Gasteiger partial charge is 0.353 e. The summed E-state index contributed by atoms with van der Waals surface area (Å²) in [7, 11) is 1.57. The monoisotopic (exact) mass is 548 g/mol. The van der Waals surface area contributed by atoms with Crippen LogP contribution in [0.2, 0.25) is 0 Å². The molecule has 2 aromatic carbocycles. The van der Waals surface area contributed by atoms with Gasteiger partial charge in [-0.05, 0) is 56.2 Å². The standard InChI is InChI=1S/C31H32O9/c1-17(37-29(34)25(38-18(2)32)19-8-5-4-6-9-19)28(33)39-23-13-15-31(35)21-10-7-14-30(31)24-20(16-21)11-12-22(36-3)26(24)40-27(23)30/h4-6,8-9,11-13,17,21,25,27,35H,7,10,14-16H2,1-3H3/t17-,21+,25-,27-,30-,31+/m0/s1. The van der Waals surface area contributed by atoms with Gasteiger partial charge in [0.2, 0.25) is 6.10 Å². The Morgan fingerprint density at radius 1 is 1.07 bits per heavy atom. The number of aliphatic hydroxyl groups is 1. The Kier molecular flexibility index (Phi) is 6.37. The van der Waals surface area contributed by atoms with Gasteiger partial charge in [0.1, 0.15) is 5.76 Å². The second kappa shape index (κ2) is 9.66. The molecule has 2 aromatic rings.